The molecule has 5 N–H and O–H groups in total. The monoisotopic (exact) mass is 312 g/mol. The fraction of sp³-hybridized carbons (Fsp3) is 0.556. The molecule has 0 unspecified atom stereocenters. The summed E-state index contributed by atoms with van der Waals surface area (Å²) in [5.74, 6) is -2.74. The highest BCUT2D eigenvalue weighted by Crippen LogP contribution is 2.41. The summed E-state index contributed by atoms with van der Waals surface area (Å²) in [6.07, 6.45) is -3.96. The third-order valence-corrected chi connectivity index (χ3v) is 3.00. The number of aliphatic carboxylic acids is 2. The first-order valence-corrected chi connectivity index (χ1v) is 6.82. The SMILES string of the molecule is O=C(O)CO[C@@H]1C=C(C(=O)O)C[C@@H](OP(=O)(O)O)[C@H]1O. The minimum absolute atomic E-state index is 0.302. The van der Waals surface area contributed by atoms with Crippen LogP contribution in [0, 0.1) is 0 Å². The van der Waals surface area contributed by atoms with E-state index in [-0.39, 0.29) is 5.57 Å². The first-order chi connectivity index (χ1) is 9.10. The van der Waals surface area contributed by atoms with Crippen molar-refractivity contribution < 1.29 is 48.5 Å². The van der Waals surface area contributed by atoms with E-state index < -0.39 is 51.1 Å². The summed E-state index contributed by atoms with van der Waals surface area (Å²) in [4.78, 5) is 38.6. The summed E-state index contributed by atoms with van der Waals surface area (Å²) < 4.78 is 19.8. The molecule has 0 aliphatic heterocycles. The Morgan fingerprint density at radius 2 is 1.95 bits per heavy atom. The number of phosphoric ester groups is 1. The molecule has 0 aromatic heterocycles. The highest BCUT2D eigenvalue weighted by Gasteiger charge is 2.39. The third kappa shape index (κ3) is 5.00. The Kier molecular flexibility index (Phi) is 5.40. The van der Waals surface area contributed by atoms with E-state index in [1.54, 1.807) is 0 Å². The van der Waals surface area contributed by atoms with Gasteiger partial charge in [-0.1, -0.05) is 0 Å². The van der Waals surface area contributed by atoms with Crippen LogP contribution in [0.1, 0.15) is 6.42 Å². The number of hydrogen-bond acceptors (Lipinski definition) is 6. The molecule has 0 bridgehead atoms. The number of carboxylic acid groups (broad SMARTS) is 2. The minimum Gasteiger partial charge on any atom is -0.480 e. The van der Waals surface area contributed by atoms with Gasteiger partial charge in [-0.2, -0.15) is 0 Å². The molecule has 3 atom stereocenters. The molecule has 11 heteroatoms. The van der Waals surface area contributed by atoms with Gasteiger partial charge in [-0.25, -0.2) is 14.2 Å². The highest BCUT2D eigenvalue weighted by atomic mass is 31.2. The van der Waals surface area contributed by atoms with Crippen molar-refractivity contribution in [3.8, 4) is 0 Å². The Morgan fingerprint density at radius 1 is 1.35 bits per heavy atom. The number of carboxylic acids is 2. The predicted octanol–water partition coefficient (Wildman–Crippen LogP) is -1.29. The second kappa shape index (κ2) is 6.44. The summed E-state index contributed by atoms with van der Waals surface area (Å²) in [7, 11) is -4.94. The summed E-state index contributed by atoms with van der Waals surface area (Å²) in [5, 5.41) is 27.1. The summed E-state index contributed by atoms with van der Waals surface area (Å²) >= 11 is 0. The summed E-state index contributed by atoms with van der Waals surface area (Å²) in [6.45, 7) is -0.812. The van der Waals surface area contributed by atoms with Crippen molar-refractivity contribution >= 4 is 19.8 Å². The maximum atomic E-state index is 10.9. The van der Waals surface area contributed by atoms with E-state index >= 15 is 0 Å². The lowest BCUT2D eigenvalue weighted by Crippen LogP contribution is -2.44. The molecule has 0 fully saturated rings. The number of rotatable bonds is 6. The standard InChI is InChI=1S/C9H13O10P/c10-7(11)3-18-5-1-4(9(13)14)2-6(8(5)12)19-20(15,16)17/h1,5-6,8,12H,2-3H2,(H,10,11)(H,13,14)(H2,15,16,17)/t5-,6-,8+/m1/s1. The van der Waals surface area contributed by atoms with Gasteiger partial charge in [0.25, 0.3) is 0 Å². The minimum atomic E-state index is -4.94. The maximum absolute atomic E-state index is 10.9. The van der Waals surface area contributed by atoms with Crippen LogP contribution < -0.4 is 0 Å². The van der Waals surface area contributed by atoms with Gasteiger partial charge < -0.3 is 29.8 Å². The topological polar surface area (TPSA) is 171 Å². The molecule has 0 saturated heterocycles. The van der Waals surface area contributed by atoms with Gasteiger partial charge in [-0.05, 0) is 6.08 Å². The van der Waals surface area contributed by atoms with E-state index in [0.29, 0.717) is 0 Å². The molecule has 1 aliphatic carbocycles. The van der Waals surface area contributed by atoms with Crippen LogP contribution in [0.2, 0.25) is 0 Å². The molecule has 0 saturated carbocycles. The lowest BCUT2D eigenvalue weighted by Gasteiger charge is -2.32. The third-order valence-electron chi connectivity index (χ3n) is 2.45. The van der Waals surface area contributed by atoms with Gasteiger partial charge in [-0.3, -0.25) is 4.52 Å². The predicted molar refractivity (Wildman–Crippen MR) is 60.6 cm³/mol. The van der Waals surface area contributed by atoms with E-state index in [0.717, 1.165) is 6.08 Å². The molecule has 1 rings (SSSR count). The molecule has 1 aliphatic rings. The van der Waals surface area contributed by atoms with E-state index in [4.69, 9.17) is 24.7 Å². The first kappa shape index (κ1) is 16.8. The van der Waals surface area contributed by atoms with E-state index in [9.17, 15) is 19.3 Å². The number of aliphatic hydroxyl groups excluding tert-OH is 1. The Balaban J connectivity index is 2.91. The first-order valence-electron chi connectivity index (χ1n) is 5.29. The molecule has 0 spiro atoms. The molecule has 10 nitrogen and oxygen atoms in total. The highest BCUT2D eigenvalue weighted by molar-refractivity contribution is 7.46. The van der Waals surface area contributed by atoms with Crippen LogP contribution in [0.3, 0.4) is 0 Å². The quantitative estimate of drug-likeness (QED) is 0.371. The van der Waals surface area contributed by atoms with Crippen LogP contribution in [0.15, 0.2) is 11.6 Å². The number of aliphatic hydroxyl groups is 1. The zero-order valence-corrected chi connectivity index (χ0v) is 10.8. The van der Waals surface area contributed by atoms with Crippen molar-refractivity contribution in [3.05, 3.63) is 11.6 Å². The van der Waals surface area contributed by atoms with Gasteiger partial charge in [0.1, 0.15) is 24.9 Å². The smallest absolute Gasteiger partial charge is 0.469 e. The summed E-state index contributed by atoms with van der Waals surface area (Å²) in [5.41, 5.74) is -0.302. The molecule has 20 heavy (non-hydrogen) atoms. The number of ether oxygens (including phenoxy) is 1. The normalized spacial score (nSPS) is 26.9. The molecule has 0 amide bonds. The average molecular weight is 312 g/mol. The fourth-order valence-corrected chi connectivity index (χ4v) is 2.21. The summed E-state index contributed by atoms with van der Waals surface area (Å²) in [6, 6.07) is 0. The fourth-order valence-electron chi connectivity index (χ4n) is 1.66. The van der Waals surface area contributed by atoms with Crippen molar-refractivity contribution in [2.24, 2.45) is 0 Å². The molecule has 0 radical (unpaired) electrons. The van der Waals surface area contributed by atoms with Gasteiger partial charge >= 0.3 is 19.8 Å². The molecular weight excluding hydrogens is 299 g/mol. The molecule has 0 aromatic rings. The lowest BCUT2D eigenvalue weighted by molar-refractivity contribution is -0.148. The Hall–Kier alpha value is -1.29. The van der Waals surface area contributed by atoms with Crippen LogP contribution in [0.25, 0.3) is 0 Å². The van der Waals surface area contributed by atoms with Crippen molar-refractivity contribution in [3.63, 3.8) is 0 Å². The molecule has 0 aromatic carbocycles. The van der Waals surface area contributed by atoms with Gasteiger partial charge in [-0.15, -0.1) is 0 Å². The number of carbonyl (C=O) groups is 2. The van der Waals surface area contributed by atoms with Crippen LogP contribution in [0.5, 0.6) is 0 Å². The second-order valence-corrected chi connectivity index (χ2v) is 5.19. The zero-order chi connectivity index (χ0) is 15.5. The van der Waals surface area contributed by atoms with Gasteiger partial charge in [0, 0.05) is 12.0 Å². The average Bonchev–Trinajstić information content (AvgIpc) is 2.27. The van der Waals surface area contributed by atoms with Crippen molar-refractivity contribution in [1.82, 2.24) is 0 Å². The molecule has 0 heterocycles. The van der Waals surface area contributed by atoms with Crippen LogP contribution in [-0.2, 0) is 23.4 Å². The van der Waals surface area contributed by atoms with Crippen molar-refractivity contribution in [1.29, 1.82) is 0 Å². The van der Waals surface area contributed by atoms with Crippen LogP contribution in [0.4, 0.5) is 0 Å². The van der Waals surface area contributed by atoms with Gasteiger partial charge in [0.2, 0.25) is 0 Å². The Bertz CT molecular complexity index is 465. The van der Waals surface area contributed by atoms with Crippen LogP contribution >= 0.6 is 7.82 Å². The van der Waals surface area contributed by atoms with Crippen LogP contribution in [-0.4, -0.2) is 62.0 Å². The Morgan fingerprint density at radius 3 is 2.40 bits per heavy atom. The maximum Gasteiger partial charge on any atom is 0.469 e. The van der Waals surface area contributed by atoms with Gasteiger partial charge in [0.15, 0.2) is 0 Å². The lowest BCUT2D eigenvalue weighted by atomic mass is 9.92. The molecular formula is C9H13O10P. The van der Waals surface area contributed by atoms with E-state index in [1.807, 2.05) is 0 Å². The molecule has 114 valence electrons. The van der Waals surface area contributed by atoms with E-state index in [2.05, 4.69) is 4.52 Å². The van der Waals surface area contributed by atoms with Crippen molar-refractivity contribution in [2.45, 2.75) is 24.7 Å². The number of phosphoric acid groups is 1. The second-order valence-electron chi connectivity index (χ2n) is 4.00. The van der Waals surface area contributed by atoms with Gasteiger partial charge in [0.05, 0.1) is 0 Å². The zero-order valence-electron chi connectivity index (χ0n) is 9.95. The van der Waals surface area contributed by atoms with Crippen molar-refractivity contribution in [2.75, 3.05) is 6.61 Å². The number of hydrogen-bond donors (Lipinski definition) is 5. The largest absolute Gasteiger partial charge is 0.480 e. The Labute approximate surface area is 112 Å². The van der Waals surface area contributed by atoms with E-state index in [1.165, 1.54) is 0 Å².